The van der Waals surface area contributed by atoms with Gasteiger partial charge in [-0.05, 0) is 38.5 Å². The van der Waals surface area contributed by atoms with Gasteiger partial charge in [0, 0.05) is 25.0 Å². The van der Waals surface area contributed by atoms with Crippen LogP contribution in [-0.2, 0) is 16.6 Å². The molecule has 8 heteroatoms. The summed E-state index contributed by atoms with van der Waals surface area (Å²) in [6, 6.07) is 4.87. The van der Waals surface area contributed by atoms with Crippen LogP contribution in [-0.4, -0.2) is 29.7 Å². The fourth-order valence-corrected chi connectivity index (χ4v) is 3.07. The molecule has 6 nitrogen and oxygen atoms in total. The fraction of sp³-hybridized carbons (Fsp3) is 0.385. The molecule has 0 saturated carbocycles. The standard InChI is InChI=1S/C13H17ClN4O2S/c1-10-8-11(2)18(17-10)7-3-6-16-21(19,20)12-4-5-13(14)15-9-12/h4-5,8-9,16H,3,6-7H2,1-2H3. The highest BCUT2D eigenvalue weighted by molar-refractivity contribution is 7.89. The van der Waals surface area contributed by atoms with Crippen LogP contribution in [0, 0.1) is 13.8 Å². The van der Waals surface area contributed by atoms with E-state index >= 15 is 0 Å². The Morgan fingerprint density at radius 3 is 2.67 bits per heavy atom. The van der Waals surface area contributed by atoms with E-state index in [1.165, 1.54) is 18.3 Å². The van der Waals surface area contributed by atoms with Gasteiger partial charge in [0.15, 0.2) is 0 Å². The van der Waals surface area contributed by atoms with Gasteiger partial charge >= 0.3 is 0 Å². The summed E-state index contributed by atoms with van der Waals surface area (Å²) in [4.78, 5) is 3.88. The lowest BCUT2D eigenvalue weighted by atomic mass is 10.4. The van der Waals surface area contributed by atoms with Crippen LogP contribution < -0.4 is 4.72 Å². The molecule has 2 aromatic heterocycles. The van der Waals surface area contributed by atoms with Crippen molar-refractivity contribution in [3.05, 3.63) is 40.9 Å². The van der Waals surface area contributed by atoms with E-state index in [2.05, 4.69) is 14.8 Å². The van der Waals surface area contributed by atoms with E-state index in [0.29, 0.717) is 19.5 Å². The fourth-order valence-electron chi connectivity index (χ4n) is 1.94. The van der Waals surface area contributed by atoms with Crippen molar-refractivity contribution in [2.45, 2.75) is 31.7 Å². The average molecular weight is 329 g/mol. The van der Waals surface area contributed by atoms with Gasteiger partial charge in [0.25, 0.3) is 0 Å². The molecule has 0 atom stereocenters. The van der Waals surface area contributed by atoms with E-state index in [1.807, 2.05) is 24.6 Å². The predicted octanol–water partition coefficient (Wildman–Crippen LogP) is 1.92. The summed E-state index contributed by atoms with van der Waals surface area (Å²) in [5, 5.41) is 4.59. The van der Waals surface area contributed by atoms with E-state index in [-0.39, 0.29) is 10.0 Å². The van der Waals surface area contributed by atoms with Gasteiger partial charge in [-0.15, -0.1) is 0 Å². The van der Waals surface area contributed by atoms with Gasteiger partial charge in [-0.3, -0.25) is 4.68 Å². The molecule has 0 fully saturated rings. The Morgan fingerprint density at radius 2 is 2.10 bits per heavy atom. The van der Waals surface area contributed by atoms with Gasteiger partial charge in [-0.1, -0.05) is 11.6 Å². The first-order valence-electron chi connectivity index (χ1n) is 6.51. The smallest absolute Gasteiger partial charge is 0.242 e. The van der Waals surface area contributed by atoms with Crippen molar-refractivity contribution in [3.8, 4) is 0 Å². The number of nitrogens with zero attached hydrogens (tertiary/aromatic N) is 3. The summed E-state index contributed by atoms with van der Waals surface area (Å²) in [7, 11) is -3.54. The Labute approximate surface area is 129 Å². The minimum Gasteiger partial charge on any atom is -0.270 e. The maximum atomic E-state index is 12.0. The first kappa shape index (κ1) is 15.9. The van der Waals surface area contributed by atoms with Crippen molar-refractivity contribution in [2.24, 2.45) is 0 Å². The zero-order valence-electron chi connectivity index (χ0n) is 11.9. The van der Waals surface area contributed by atoms with Crippen LogP contribution >= 0.6 is 11.6 Å². The molecule has 0 aliphatic rings. The third-order valence-corrected chi connectivity index (χ3v) is 4.62. The van der Waals surface area contributed by atoms with Gasteiger partial charge in [0.2, 0.25) is 10.0 Å². The lowest BCUT2D eigenvalue weighted by molar-refractivity contribution is 0.544. The number of nitrogens with one attached hydrogen (secondary N) is 1. The largest absolute Gasteiger partial charge is 0.270 e. The highest BCUT2D eigenvalue weighted by atomic mass is 35.5. The SMILES string of the molecule is Cc1cc(C)n(CCCNS(=O)(=O)c2ccc(Cl)nc2)n1. The van der Waals surface area contributed by atoms with Crippen molar-refractivity contribution in [1.29, 1.82) is 0 Å². The Balaban J connectivity index is 1.88. The van der Waals surface area contributed by atoms with E-state index in [0.717, 1.165) is 11.4 Å². The van der Waals surface area contributed by atoms with Crippen molar-refractivity contribution in [1.82, 2.24) is 19.5 Å². The maximum Gasteiger partial charge on any atom is 0.242 e. The minimum atomic E-state index is -3.54. The molecule has 0 unspecified atom stereocenters. The zero-order chi connectivity index (χ0) is 15.5. The van der Waals surface area contributed by atoms with Crippen LogP contribution in [0.4, 0.5) is 0 Å². The van der Waals surface area contributed by atoms with Gasteiger partial charge < -0.3 is 0 Å². The van der Waals surface area contributed by atoms with E-state index in [9.17, 15) is 8.42 Å². The molecular formula is C13H17ClN4O2S. The number of rotatable bonds is 6. The second-order valence-corrected chi connectivity index (χ2v) is 6.87. The molecule has 0 bridgehead atoms. The summed E-state index contributed by atoms with van der Waals surface area (Å²) >= 11 is 5.64. The minimum absolute atomic E-state index is 0.109. The molecule has 0 radical (unpaired) electrons. The number of sulfonamides is 1. The number of aryl methyl sites for hydroxylation is 3. The Bertz CT molecular complexity index is 710. The first-order chi connectivity index (χ1) is 9.88. The maximum absolute atomic E-state index is 12.0. The second kappa shape index (κ2) is 6.55. The number of hydrogen-bond donors (Lipinski definition) is 1. The number of halogens is 1. The third-order valence-electron chi connectivity index (χ3n) is 2.95. The van der Waals surface area contributed by atoms with Crippen LogP contribution in [0.25, 0.3) is 0 Å². The highest BCUT2D eigenvalue weighted by Gasteiger charge is 2.13. The molecular weight excluding hydrogens is 312 g/mol. The molecule has 0 amide bonds. The molecule has 2 heterocycles. The normalized spacial score (nSPS) is 11.8. The first-order valence-corrected chi connectivity index (χ1v) is 8.37. The summed E-state index contributed by atoms with van der Waals surface area (Å²) < 4.78 is 28.4. The topological polar surface area (TPSA) is 76.9 Å². The van der Waals surface area contributed by atoms with Crippen molar-refractivity contribution >= 4 is 21.6 Å². The predicted molar refractivity (Wildman–Crippen MR) is 80.8 cm³/mol. The van der Waals surface area contributed by atoms with Crippen molar-refractivity contribution in [2.75, 3.05) is 6.54 Å². The molecule has 114 valence electrons. The number of aromatic nitrogens is 3. The van der Waals surface area contributed by atoms with Gasteiger partial charge in [0.1, 0.15) is 10.0 Å². The Morgan fingerprint density at radius 1 is 1.33 bits per heavy atom. The Kier molecular flexibility index (Phi) is 4.97. The van der Waals surface area contributed by atoms with Gasteiger partial charge in [-0.2, -0.15) is 5.10 Å². The third kappa shape index (κ3) is 4.26. The molecule has 0 aromatic carbocycles. The highest BCUT2D eigenvalue weighted by Crippen LogP contribution is 2.10. The summed E-state index contributed by atoms with van der Waals surface area (Å²) in [5.74, 6) is 0. The van der Waals surface area contributed by atoms with Crippen molar-refractivity contribution < 1.29 is 8.42 Å². The van der Waals surface area contributed by atoms with Crippen LogP contribution in [0.1, 0.15) is 17.8 Å². The summed E-state index contributed by atoms with van der Waals surface area (Å²) in [5.41, 5.74) is 2.03. The number of pyridine rings is 1. The lowest BCUT2D eigenvalue weighted by Gasteiger charge is -2.07. The molecule has 0 aliphatic heterocycles. The van der Waals surface area contributed by atoms with Crippen LogP contribution in [0.5, 0.6) is 0 Å². The molecule has 2 aromatic rings. The monoisotopic (exact) mass is 328 g/mol. The van der Waals surface area contributed by atoms with Crippen molar-refractivity contribution in [3.63, 3.8) is 0 Å². The van der Waals surface area contributed by atoms with Crippen LogP contribution in [0.15, 0.2) is 29.3 Å². The quantitative estimate of drug-likeness (QED) is 0.649. The van der Waals surface area contributed by atoms with Crippen LogP contribution in [0.3, 0.4) is 0 Å². The summed E-state index contributed by atoms with van der Waals surface area (Å²) in [6.45, 7) is 4.91. The Hall–Kier alpha value is -1.44. The molecule has 0 spiro atoms. The number of hydrogen-bond acceptors (Lipinski definition) is 4. The molecule has 21 heavy (non-hydrogen) atoms. The van der Waals surface area contributed by atoms with Crippen LogP contribution in [0.2, 0.25) is 5.15 Å². The average Bonchev–Trinajstić information content (AvgIpc) is 2.74. The van der Waals surface area contributed by atoms with E-state index < -0.39 is 10.0 Å². The van der Waals surface area contributed by atoms with E-state index in [4.69, 9.17) is 11.6 Å². The lowest BCUT2D eigenvalue weighted by Crippen LogP contribution is -2.25. The van der Waals surface area contributed by atoms with E-state index in [1.54, 1.807) is 0 Å². The molecule has 0 aliphatic carbocycles. The zero-order valence-corrected chi connectivity index (χ0v) is 13.4. The molecule has 0 saturated heterocycles. The van der Waals surface area contributed by atoms with Gasteiger partial charge in [-0.25, -0.2) is 18.1 Å². The molecule has 2 rings (SSSR count). The van der Waals surface area contributed by atoms with Gasteiger partial charge in [0.05, 0.1) is 5.69 Å². The second-order valence-electron chi connectivity index (χ2n) is 4.72. The summed E-state index contributed by atoms with van der Waals surface area (Å²) in [6.07, 6.45) is 1.90. The molecule has 1 N–H and O–H groups in total.